The average Bonchev–Trinajstić information content (AvgIpc) is 2.92. The van der Waals surface area contributed by atoms with Crippen molar-refractivity contribution in [2.24, 2.45) is 0 Å². The van der Waals surface area contributed by atoms with Gasteiger partial charge < -0.3 is 15.6 Å². The van der Waals surface area contributed by atoms with Gasteiger partial charge in [-0.1, -0.05) is 52.0 Å². The summed E-state index contributed by atoms with van der Waals surface area (Å²) in [5, 5.41) is 52.8. The molecule has 0 fully saturated rings. The van der Waals surface area contributed by atoms with Crippen LogP contribution in [0.1, 0.15) is 0 Å². The molecule has 15 nitrogen and oxygen atoms in total. The van der Waals surface area contributed by atoms with Gasteiger partial charge in [0.1, 0.15) is 16.6 Å². The summed E-state index contributed by atoms with van der Waals surface area (Å²) in [5.41, 5.74) is -0.680. The Labute approximate surface area is 214 Å². The molecule has 0 aliphatic heterocycles. The van der Waals surface area contributed by atoms with Crippen LogP contribution in [-0.4, -0.2) is 45.5 Å². The van der Waals surface area contributed by atoms with Gasteiger partial charge in [0.25, 0.3) is 16.7 Å². The van der Waals surface area contributed by atoms with E-state index in [0.29, 0.717) is 32.7 Å². The summed E-state index contributed by atoms with van der Waals surface area (Å²) in [7, 11) is 0. The van der Waals surface area contributed by atoms with E-state index in [4.69, 9.17) is 0 Å². The summed E-state index contributed by atoms with van der Waals surface area (Å²) >= 11 is 0. The van der Waals surface area contributed by atoms with Crippen molar-refractivity contribution in [3.63, 3.8) is 0 Å². The van der Waals surface area contributed by atoms with Crippen molar-refractivity contribution < 1.29 is 17.1 Å². The maximum absolute atomic E-state index is 11.1. The zero-order chi connectivity index (χ0) is 25.7. The molecular formula is C21H12FeN9O6. The molecule has 1 radical (unpaired) electrons. The van der Waals surface area contributed by atoms with Crippen molar-refractivity contribution in [2.45, 2.75) is 0 Å². The van der Waals surface area contributed by atoms with Gasteiger partial charge in [0, 0.05) is 0 Å². The van der Waals surface area contributed by atoms with Gasteiger partial charge in [-0.2, -0.15) is 0 Å². The second-order valence-electron chi connectivity index (χ2n) is 6.85. The number of aromatic nitrogens is 9. The van der Waals surface area contributed by atoms with Crippen molar-refractivity contribution in [3.05, 3.63) is 119 Å². The minimum atomic E-state index is -0.666. The normalized spacial score (nSPS) is 10.1. The Morgan fingerprint density at radius 3 is 0.973 bits per heavy atom. The molecule has 0 aliphatic rings. The van der Waals surface area contributed by atoms with E-state index >= 15 is 0 Å². The summed E-state index contributed by atoms with van der Waals surface area (Å²) < 4.78 is 0. The minimum absolute atomic E-state index is 0. The predicted molar refractivity (Wildman–Crippen MR) is 128 cm³/mol. The molecule has 0 saturated carbocycles. The molecule has 6 aromatic rings. The summed E-state index contributed by atoms with van der Waals surface area (Å²) in [6.45, 7) is 0. The molecule has 0 atom stereocenters. The van der Waals surface area contributed by atoms with E-state index in [1.165, 1.54) is 0 Å². The van der Waals surface area contributed by atoms with Crippen LogP contribution >= 0.6 is 0 Å². The second-order valence-corrected chi connectivity index (χ2v) is 6.85. The van der Waals surface area contributed by atoms with Crippen LogP contribution in [0.5, 0.6) is 0 Å². The number of benzene rings is 3. The van der Waals surface area contributed by atoms with E-state index < -0.39 is 16.7 Å². The maximum Gasteiger partial charge on any atom is 3.00 e. The first kappa shape index (κ1) is 26.4. The Hall–Kier alpha value is -5.21. The third-order valence-corrected chi connectivity index (χ3v) is 4.63. The Balaban J connectivity index is 0.000000152. The minimum Gasteiger partial charge on any atom is -0.787 e. The standard InChI is InChI=1S/3C7H4N3O2.Fe/c3*11-7-5-3-1-2-4-6(5)8-9-10(7)12;/h3*1-4H;/q3*-1;+3. The number of hydrogen-bond acceptors (Lipinski definition) is 12. The van der Waals surface area contributed by atoms with Gasteiger partial charge in [-0.25, -0.2) is 14.5 Å². The molecular weight excluding hydrogens is 530 g/mol. The molecule has 3 aromatic heterocycles. The smallest absolute Gasteiger partial charge is 0.787 e. The SMILES string of the molecule is O=c1c2ccccc2nnn1[O-].O=c1c2ccccc2nnn1[O-].O=c1c2ccccc2nnn1[O-].[Fe+3]. The van der Waals surface area contributed by atoms with Crippen LogP contribution in [0.4, 0.5) is 0 Å². The Morgan fingerprint density at radius 1 is 0.459 bits per heavy atom. The van der Waals surface area contributed by atoms with Crippen LogP contribution < -0.4 is 16.7 Å². The number of rotatable bonds is 0. The summed E-state index contributed by atoms with van der Waals surface area (Å²) in [5.74, 6) is 0. The molecule has 0 bridgehead atoms. The first-order valence-electron chi connectivity index (χ1n) is 9.93. The molecule has 0 N–H and O–H groups in total. The van der Waals surface area contributed by atoms with E-state index in [0.717, 1.165) is 0 Å². The maximum atomic E-state index is 11.1. The van der Waals surface area contributed by atoms with Crippen molar-refractivity contribution in [1.82, 2.24) is 45.5 Å². The van der Waals surface area contributed by atoms with Gasteiger partial charge >= 0.3 is 17.1 Å². The molecule has 0 amide bonds. The van der Waals surface area contributed by atoms with Crippen molar-refractivity contribution >= 4 is 32.7 Å². The molecule has 37 heavy (non-hydrogen) atoms. The quantitative estimate of drug-likeness (QED) is 0.239. The molecule has 16 heteroatoms. The average molecular weight is 542 g/mol. The van der Waals surface area contributed by atoms with Crippen LogP contribution in [0, 0.1) is 15.6 Å². The van der Waals surface area contributed by atoms with Crippen molar-refractivity contribution in [2.75, 3.05) is 0 Å². The summed E-state index contributed by atoms with van der Waals surface area (Å²) in [6, 6.07) is 19.7. The van der Waals surface area contributed by atoms with Gasteiger partial charge in [0.15, 0.2) is 0 Å². The first-order chi connectivity index (χ1) is 17.4. The Bertz CT molecular complexity index is 1660. The molecule has 185 valence electrons. The number of hydrogen-bond donors (Lipinski definition) is 0. The fraction of sp³-hybridized carbons (Fsp3) is 0. The van der Waals surface area contributed by atoms with Crippen molar-refractivity contribution in [3.8, 4) is 0 Å². The third-order valence-electron chi connectivity index (χ3n) is 4.63. The topological polar surface area (TPSA) is 213 Å². The van der Waals surface area contributed by atoms with Crippen LogP contribution in [0.3, 0.4) is 0 Å². The Kier molecular flexibility index (Phi) is 8.19. The number of fused-ring (bicyclic) bond motifs is 3. The molecule has 3 aromatic carbocycles. The monoisotopic (exact) mass is 542 g/mol. The van der Waals surface area contributed by atoms with E-state index in [1.54, 1.807) is 72.8 Å². The molecule has 0 unspecified atom stereocenters. The van der Waals surface area contributed by atoms with Gasteiger partial charge in [0.2, 0.25) is 0 Å². The van der Waals surface area contributed by atoms with Crippen LogP contribution in [0.15, 0.2) is 87.2 Å². The fourth-order valence-corrected chi connectivity index (χ4v) is 2.92. The largest absolute Gasteiger partial charge is 3.00 e. The molecule has 3 heterocycles. The van der Waals surface area contributed by atoms with Gasteiger partial charge in [-0.15, -0.1) is 15.3 Å². The summed E-state index contributed by atoms with van der Waals surface area (Å²) in [4.78, 5) is 33.2. The predicted octanol–water partition coefficient (Wildman–Crippen LogP) is 0.410. The third kappa shape index (κ3) is 5.72. The molecule has 0 saturated heterocycles. The zero-order valence-electron chi connectivity index (χ0n) is 18.3. The molecule has 0 spiro atoms. The number of nitrogens with zero attached hydrogens (tertiary/aromatic N) is 9. The van der Waals surface area contributed by atoms with Crippen LogP contribution in [0.25, 0.3) is 32.7 Å². The van der Waals surface area contributed by atoms with Gasteiger partial charge in [0.05, 0.1) is 16.2 Å². The van der Waals surface area contributed by atoms with Crippen LogP contribution in [0.2, 0.25) is 0 Å². The fourth-order valence-electron chi connectivity index (χ4n) is 2.92. The Morgan fingerprint density at radius 2 is 0.703 bits per heavy atom. The van der Waals surface area contributed by atoms with Gasteiger partial charge in [-0.3, -0.25) is 14.4 Å². The van der Waals surface area contributed by atoms with Gasteiger partial charge in [-0.05, 0) is 36.4 Å². The van der Waals surface area contributed by atoms with Crippen LogP contribution in [-0.2, 0) is 17.1 Å². The van der Waals surface area contributed by atoms with E-state index in [1.807, 2.05) is 0 Å². The van der Waals surface area contributed by atoms with E-state index in [2.05, 4.69) is 30.9 Å². The zero-order valence-corrected chi connectivity index (χ0v) is 19.4. The van der Waals surface area contributed by atoms with Crippen molar-refractivity contribution in [1.29, 1.82) is 0 Å². The molecule has 0 aliphatic carbocycles. The van der Waals surface area contributed by atoms with E-state index in [-0.39, 0.29) is 31.6 Å². The van der Waals surface area contributed by atoms with E-state index in [9.17, 15) is 30.0 Å². The molecule has 6 rings (SSSR count). The first-order valence-corrected chi connectivity index (χ1v) is 9.93. The summed E-state index contributed by atoms with van der Waals surface area (Å²) in [6.07, 6.45) is 0. The second kappa shape index (κ2) is 11.5.